The molecular formula is C23H22Cl2N4O2. The van der Waals surface area contributed by atoms with Gasteiger partial charge in [0.1, 0.15) is 11.9 Å². The summed E-state index contributed by atoms with van der Waals surface area (Å²) < 4.78 is 11.2. The molecule has 2 atom stereocenters. The molecule has 0 radical (unpaired) electrons. The van der Waals surface area contributed by atoms with Crippen molar-refractivity contribution >= 4 is 29.0 Å². The zero-order valence-electron chi connectivity index (χ0n) is 17.2. The summed E-state index contributed by atoms with van der Waals surface area (Å²) in [6.45, 7) is 4.72. The molecule has 0 aliphatic carbocycles. The fourth-order valence-corrected chi connectivity index (χ4v) is 3.70. The number of rotatable bonds is 7. The van der Waals surface area contributed by atoms with Crippen molar-refractivity contribution in [2.45, 2.75) is 25.9 Å². The van der Waals surface area contributed by atoms with Crippen molar-refractivity contribution in [3.63, 3.8) is 0 Å². The number of hydrogen-bond acceptors (Lipinski definition) is 6. The third-order valence-electron chi connectivity index (χ3n) is 4.86. The van der Waals surface area contributed by atoms with Gasteiger partial charge in [0.25, 0.3) is 0 Å². The van der Waals surface area contributed by atoms with Crippen molar-refractivity contribution in [1.29, 1.82) is 0 Å². The predicted molar refractivity (Wildman–Crippen MR) is 122 cm³/mol. The van der Waals surface area contributed by atoms with Gasteiger partial charge in [-0.2, -0.15) is 4.98 Å². The molecule has 1 N–H and O–H groups in total. The normalized spacial score (nSPS) is 17.7. The Hall–Kier alpha value is -2.83. The summed E-state index contributed by atoms with van der Waals surface area (Å²) in [5.41, 5.74) is 2.78. The van der Waals surface area contributed by atoms with Crippen LogP contribution in [0.25, 0.3) is 0 Å². The molecule has 0 fully saturated rings. The third kappa shape index (κ3) is 4.75. The topological polar surface area (TPSA) is 68.6 Å². The molecule has 2 heterocycles. The molecule has 31 heavy (non-hydrogen) atoms. The molecular weight excluding hydrogens is 435 g/mol. The molecule has 4 rings (SSSR count). The van der Waals surface area contributed by atoms with Gasteiger partial charge in [-0.05, 0) is 49.2 Å². The number of amidine groups is 1. The van der Waals surface area contributed by atoms with Crippen LogP contribution in [0.3, 0.4) is 0 Å². The van der Waals surface area contributed by atoms with Gasteiger partial charge in [-0.3, -0.25) is 4.99 Å². The first kappa shape index (κ1) is 21.4. The van der Waals surface area contributed by atoms with E-state index < -0.39 is 0 Å². The van der Waals surface area contributed by atoms with E-state index in [9.17, 15) is 0 Å². The van der Waals surface area contributed by atoms with E-state index in [0.717, 1.165) is 11.1 Å². The predicted octanol–water partition coefficient (Wildman–Crippen LogP) is 5.41. The SMILES string of the molecule is CCOc1ncc(C2=NC(c3ccc(Cl)cc3)C(c3ccc(Cl)cc3)N2)c(OCC)n1. The Morgan fingerprint density at radius 2 is 1.48 bits per heavy atom. The van der Waals surface area contributed by atoms with Gasteiger partial charge in [-0.15, -0.1) is 0 Å². The fourth-order valence-electron chi connectivity index (χ4n) is 3.45. The number of halogens is 2. The van der Waals surface area contributed by atoms with Gasteiger partial charge in [-0.25, -0.2) is 4.98 Å². The Bertz CT molecular complexity index is 1070. The number of nitrogens with one attached hydrogen (secondary N) is 1. The molecule has 1 aliphatic rings. The zero-order valence-corrected chi connectivity index (χ0v) is 18.7. The molecule has 2 aromatic carbocycles. The molecule has 1 aromatic heterocycles. The van der Waals surface area contributed by atoms with Crippen LogP contribution >= 0.6 is 23.2 Å². The highest BCUT2D eigenvalue weighted by atomic mass is 35.5. The maximum Gasteiger partial charge on any atom is 0.319 e. The molecule has 3 aromatic rings. The van der Waals surface area contributed by atoms with Gasteiger partial charge in [-0.1, -0.05) is 47.5 Å². The Kier molecular flexibility index (Phi) is 6.59. The van der Waals surface area contributed by atoms with Crippen LogP contribution in [-0.2, 0) is 0 Å². The van der Waals surface area contributed by atoms with E-state index in [2.05, 4.69) is 15.3 Å². The fraction of sp³-hybridized carbons (Fsp3) is 0.261. The third-order valence-corrected chi connectivity index (χ3v) is 5.36. The lowest BCUT2D eigenvalue weighted by Crippen LogP contribution is -2.26. The quantitative estimate of drug-likeness (QED) is 0.514. The van der Waals surface area contributed by atoms with Crippen molar-refractivity contribution in [2.75, 3.05) is 13.2 Å². The second-order valence-electron chi connectivity index (χ2n) is 6.89. The zero-order chi connectivity index (χ0) is 21.8. The number of benzene rings is 2. The van der Waals surface area contributed by atoms with E-state index in [1.54, 1.807) is 6.20 Å². The van der Waals surface area contributed by atoms with E-state index in [-0.39, 0.29) is 18.1 Å². The van der Waals surface area contributed by atoms with Gasteiger partial charge < -0.3 is 14.8 Å². The van der Waals surface area contributed by atoms with Gasteiger partial charge in [0.2, 0.25) is 5.88 Å². The average Bonchev–Trinajstić information content (AvgIpc) is 3.21. The van der Waals surface area contributed by atoms with Crippen LogP contribution in [0.15, 0.2) is 59.7 Å². The summed E-state index contributed by atoms with van der Waals surface area (Å²) in [5.74, 6) is 1.09. The van der Waals surface area contributed by atoms with Crippen molar-refractivity contribution in [3.05, 3.63) is 81.5 Å². The summed E-state index contributed by atoms with van der Waals surface area (Å²) in [4.78, 5) is 13.7. The number of ether oxygens (including phenoxy) is 2. The number of nitrogens with zero attached hydrogens (tertiary/aromatic N) is 3. The van der Waals surface area contributed by atoms with Crippen molar-refractivity contribution in [3.8, 4) is 11.9 Å². The van der Waals surface area contributed by atoms with Crippen LogP contribution in [0.1, 0.15) is 42.6 Å². The minimum Gasteiger partial charge on any atom is -0.477 e. The Labute approximate surface area is 191 Å². The van der Waals surface area contributed by atoms with Crippen molar-refractivity contribution in [2.24, 2.45) is 4.99 Å². The van der Waals surface area contributed by atoms with Gasteiger partial charge in [0.05, 0.1) is 24.8 Å². The summed E-state index contributed by atoms with van der Waals surface area (Å²) in [7, 11) is 0. The highest BCUT2D eigenvalue weighted by molar-refractivity contribution is 6.30. The van der Waals surface area contributed by atoms with Crippen LogP contribution in [0.4, 0.5) is 0 Å². The first-order valence-electron chi connectivity index (χ1n) is 10.1. The minimum atomic E-state index is -0.172. The molecule has 6 nitrogen and oxygen atoms in total. The molecule has 0 saturated heterocycles. The van der Waals surface area contributed by atoms with E-state index in [4.69, 9.17) is 37.7 Å². The minimum absolute atomic E-state index is 0.102. The van der Waals surface area contributed by atoms with E-state index in [1.807, 2.05) is 62.4 Å². The standard InChI is InChI=1S/C23H22Cl2N4O2/c1-3-30-22-18(13-26-23(29-22)31-4-2)21-27-19(14-5-9-16(24)10-6-14)20(28-21)15-7-11-17(25)12-8-15/h5-13,19-20H,3-4H2,1-2H3,(H,27,28). The second-order valence-corrected chi connectivity index (χ2v) is 7.76. The van der Waals surface area contributed by atoms with Crippen LogP contribution in [0.2, 0.25) is 10.0 Å². The number of hydrogen-bond donors (Lipinski definition) is 1. The molecule has 2 unspecified atom stereocenters. The molecule has 1 aliphatic heterocycles. The lowest BCUT2D eigenvalue weighted by Gasteiger charge is -2.20. The lowest BCUT2D eigenvalue weighted by molar-refractivity contribution is 0.288. The maximum absolute atomic E-state index is 6.10. The summed E-state index contributed by atoms with van der Waals surface area (Å²) in [6, 6.07) is 15.5. The van der Waals surface area contributed by atoms with E-state index in [0.29, 0.717) is 40.5 Å². The summed E-state index contributed by atoms with van der Waals surface area (Å²) >= 11 is 12.2. The molecule has 0 bridgehead atoms. The van der Waals surface area contributed by atoms with Crippen molar-refractivity contribution < 1.29 is 9.47 Å². The first-order valence-corrected chi connectivity index (χ1v) is 10.8. The number of aromatic nitrogens is 2. The smallest absolute Gasteiger partial charge is 0.319 e. The van der Waals surface area contributed by atoms with Gasteiger partial charge in [0, 0.05) is 16.2 Å². The Morgan fingerprint density at radius 1 is 0.871 bits per heavy atom. The monoisotopic (exact) mass is 456 g/mol. The summed E-state index contributed by atoms with van der Waals surface area (Å²) in [5, 5.41) is 4.90. The van der Waals surface area contributed by atoms with E-state index in [1.165, 1.54) is 0 Å². The summed E-state index contributed by atoms with van der Waals surface area (Å²) in [6.07, 6.45) is 1.68. The van der Waals surface area contributed by atoms with Crippen molar-refractivity contribution in [1.82, 2.24) is 15.3 Å². The highest BCUT2D eigenvalue weighted by Gasteiger charge is 2.33. The van der Waals surface area contributed by atoms with Gasteiger partial charge >= 0.3 is 6.01 Å². The number of aliphatic imine (C=N–C) groups is 1. The first-order chi connectivity index (χ1) is 15.1. The molecule has 0 saturated carbocycles. The average molecular weight is 457 g/mol. The molecule has 8 heteroatoms. The van der Waals surface area contributed by atoms with Crippen LogP contribution in [-0.4, -0.2) is 29.0 Å². The molecule has 0 spiro atoms. The lowest BCUT2D eigenvalue weighted by atomic mass is 9.95. The molecule has 160 valence electrons. The molecule has 0 amide bonds. The second kappa shape index (κ2) is 9.54. The Morgan fingerprint density at radius 3 is 2.10 bits per heavy atom. The van der Waals surface area contributed by atoms with E-state index >= 15 is 0 Å². The van der Waals surface area contributed by atoms with Crippen LogP contribution < -0.4 is 14.8 Å². The van der Waals surface area contributed by atoms with Crippen LogP contribution in [0.5, 0.6) is 11.9 Å². The maximum atomic E-state index is 6.10. The highest BCUT2D eigenvalue weighted by Crippen LogP contribution is 2.38. The van der Waals surface area contributed by atoms with Crippen LogP contribution in [0, 0.1) is 0 Å². The Balaban J connectivity index is 1.75. The largest absolute Gasteiger partial charge is 0.477 e. The van der Waals surface area contributed by atoms with Gasteiger partial charge in [0.15, 0.2) is 0 Å².